The normalized spacial score (nSPS) is 18.9. The van der Waals surface area contributed by atoms with Gasteiger partial charge in [0.15, 0.2) is 5.78 Å². The second kappa shape index (κ2) is 5.74. The molecule has 0 radical (unpaired) electrons. The monoisotopic (exact) mass is 259 g/mol. The summed E-state index contributed by atoms with van der Waals surface area (Å²) < 4.78 is 5.70. The van der Waals surface area contributed by atoms with E-state index in [-0.39, 0.29) is 5.78 Å². The zero-order valence-electron chi connectivity index (χ0n) is 11.3. The van der Waals surface area contributed by atoms with Crippen molar-refractivity contribution in [2.24, 2.45) is 0 Å². The van der Waals surface area contributed by atoms with E-state index in [4.69, 9.17) is 4.74 Å². The summed E-state index contributed by atoms with van der Waals surface area (Å²) in [5.74, 6) is 0.984. The van der Waals surface area contributed by atoms with Crippen molar-refractivity contribution in [1.82, 2.24) is 5.32 Å². The molecule has 0 unspecified atom stereocenters. The van der Waals surface area contributed by atoms with E-state index < -0.39 is 0 Å². The number of carbonyl (C=O) groups is 1. The van der Waals surface area contributed by atoms with E-state index in [1.165, 1.54) is 31.2 Å². The van der Waals surface area contributed by atoms with Gasteiger partial charge in [-0.25, -0.2) is 0 Å². The Morgan fingerprint density at radius 3 is 2.95 bits per heavy atom. The molecule has 0 spiro atoms. The molecule has 102 valence electrons. The van der Waals surface area contributed by atoms with Crippen LogP contribution in [0.2, 0.25) is 0 Å². The van der Waals surface area contributed by atoms with E-state index in [1.54, 1.807) is 0 Å². The number of para-hydroxylation sites is 1. The SMILES string of the molecule is O=C(CNC1CCCC1)c1cccc2c1OCCC2. The largest absolute Gasteiger partial charge is 0.493 e. The maximum atomic E-state index is 12.3. The van der Waals surface area contributed by atoms with Crippen LogP contribution in [-0.4, -0.2) is 25.0 Å². The third-order valence-electron chi connectivity index (χ3n) is 4.14. The summed E-state index contributed by atoms with van der Waals surface area (Å²) in [5, 5.41) is 3.38. The second-order valence-electron chi connectivity index (χ2n) is 5.53. The maximum absolute atomic E-state index is 12.3. The fourth-order valence-electron chi connectivity index (χ4n) is 3.07. The number of rotatable bonds is 4. The van der Waals surface area contributed by atoms with Crippen LogP contribution in [-0.2, 0) is 6.42 Å². The van der Waals surface area contributed by atoms with Crippen LogP contribution in [0, 0.1) is 0 Å². The molecule has 3 nitrogen and oxygen atoms in total. The Hall–Kier alpha value is -1.35. The smallest absolute Gasteiger partial charge is 0.180 e. The molecular formula is C16H21NO2. The predicted molar refractivity (Wildman–Crippen MR) is 74.8 cm³/mol. The zero-order valence-corrected chi connectivity index (χ0v) is 11.3. The van der Waals surface area contributed by atoms with Gasteiger partial charge in [0, 0.05) is 6.04 Å². The number of aryl methyl sites for hydroxylation is 1. The summed E-state index contributed by atoms with van der Waals surface area (Å²) in [4.78, 5) is 12.3. The molecule has 1 aromatic carbocycles. The van der Waals surface area contributed by atoms with Gasteiger partial charge in [0.25, 0.3) is 0 Å². The van der Waals surface area contributed by atoms with Gasteiger partial charge in [0.1, 0.15) is 5.75 Å². The Balaban J connectivity index is 1.68. The molecule has 1 aliphatic carbocycles. The van der Waals surface area contributed by atoms with Gasteiger partial charge in [0.05, 0.1) is 18.7 Å². The van der Waals surface area contributed by atoms with Gasteiger partial charge < -0.3 is 10.1 Å². The van der Waals surface area contributed by atoms with E-state index in [2.05, 4.69) is 11.4 Å². The van der Waals surface area contributed by atoms with Crippen LogP contribution in [0.3, 0.4) is 0 Å². The average molecular weight is 259 g/mol. The standard InChI is InChI=1S/C16H21NO2/c18-15(11-17-13-7-1-2-8-13)14-9-3-5-12-6-4-10-19-16(12)14/h3,5,9,13,17H,1-2,4,6-8,10-11H2. The van der Waals surface area contributed by atoms with Crippen LogP contribution < -0.4 is 10.1 Å². The molecule has 19 heavy (non-hydrogen) atoms. The lowest BCUT2D eigenvalue weighted by atomic mass is 10.00. The molecule has 0 saturated heterocycles. The fraction of sp³-hybridized carbons (Fsp3) is 0.562. The summed E-state index contributed by atoms with van der Waals surface area (Å²) in [5.41, 5.74) is 1.93. The van der Waals surface area contributed by atoms with Crippen LogP contribution in [0.1, 0.15) is 48.0 Å². The van der Waals surface area contributed by atoms with Crippen molar-refractivity contribution >= 4 is 5.78 Å². The number of hydrogen-bond acceptors (Lipinski definition) is 3. The van der Waals surface area contributed by atoms with Crippen molar-refractivity contribution in [3.8, 4) is 5.75 Å². The van der Waals surface area contributed by atoms with Crippen molar-refractivity contribution in [2.75, 3.05) is 13.2 Å². The van der Waals surface area contributed by atoms with Gasteiger partial charge in [-0.2, -0.15) is 0 Å². The van der Waals surface area contributed by atoms with Crippen molar-refractivity contribution < 1.29 is 9.53 Å². The van der Waals surface area contributed by atoms with Crippen molar-refractivity contribution in [3.05, 3.63) is 29.3 Å². The Labute approximate surface area is 114 Å². The predicted octanol–water partition coefficient (Wildman–Crippen LogP) is 2.73. The zero-order chi connectivity index (χ0) is 13.1. The minimum absolute atomic E-state index is 0.158. The van der Waals surface area contributed by atoms with Crippen molar-refractivity contribution in [2.45, 2.75) is 44.6 Å². The van der Waals surface area contributed by atoms with E-state index in [0.29, 0.717) is 12.6 Å². The van der Waals surface area contributed by atoms with Gasteiger partial charge in [-0.3, -0.25) is 4.79 Å². The minimum atomic E-state index is 0.158. The third-order valence-corrected chi connectivity index (χ3v) is 4.14. The first-order valence-electron chi connectivity index (χ1n) is 7.36. The van der Waals surface area contributed by atoms with Crippen LogP contribution in [0.25, 0.3) is 0 Å². The lowest BCUT2D eigenvalue weighted by Crippen LogP contribution is -2.32. The summed E-state index contributed by atoms with van der Waals surface area (Å²) in [6, 6.07) is 6.46. The highest BCUT2D eigenvalue weighted by Crippen LogP contribution is 2.29. The van der Waals surface area contributed by atoms with Crippen molar-refractivity contribution in [3.63, 3.8) is 0 Å². The second-order valence-corrected chi connectivity index (χ2v) is 5.53. The quantitative estimate of drug-likeness (QED) is 0.845. The van der Waals surface area contributed by atoms with E-state index in [0.717, 1.165) is 30.8 Å². The lowest BCUT2D eigenvalue weighted by molar-refractivity contribution is 0.0982. The number of ether oxygens (including phenoxy) is 1. The molecule has 1 fully saturated rings. The van der Waals surface area contributed by atoms with Gasteiger partial charge in [-0.15, -0.1) is 0 Å². The molecule has 0 atom stereocenters. The Morgan fingerprint density at radius 2 is 2.11 bits per heavy atom. The molecule has 1 saturated carbocycles. The number of nitrogens with one attached hydrogen (secondary N) is 1. The van der Waals surface area contributed by atoms with E-state index >= 15 is 0 Å². The summed E-state index contributed by atoms with van der Waals surface area (Å²) >= 11 is 0. The van der Waals surface area contributed by atoms with Crippen LogP contribution in [0.15, 0.2) is 18.2 Å². The first-order chi connectivity index (χ1) is 9.34. The molecule has 1 aromatic rings. The molecule has 0 amide bonds. The number of benzene rings is 1. The molecular weight excluding hydrogens is 238 g/mol. The van der Waals surface area contributed by atoms with Crippen LogP contribution in [0.5, 0.6) is 5.75 Å². The summed E-state index contributed by atoms with van der Waals surface area (Å²) in [6.45, 7) is 1.16. The first-order valence-corrected chi connectivity index (χ1v) is 7.36. The Kier molecular flexibility index (Phi) is 3.83. The Bertz CT molecular complexity index is 464. The topological polar surface area (TPSA) is 38.3 Å². The highest BCUT2D eigenvalue weighted by molar-refractivity contribution is 6.00. The van der Waals surface area contributed by atoms with Crippen LogP contribution >= 0.6 is 0 Å². The van der Waals surface area contributed by atoms with Gasteiger partial charge in [-0.05, 0) is 37.3 Å². The Morgan fingerprint density at radius 1 is 1.26 bits per heavy atom. The molecule has 1 heterocycles. The lowest BCUT2D eigenvalue weighted by Gasteiger charge is -2.20. The highest BCUT2D eigenvalue weighted by atomic mass is 16.5. The minimum Gasteiger partial charge on any atom is -0.493 e. The van der Waals surface area contributed by atoms with Gasteiger partial charge in [0.2, 0.25) is 0 Å². The number of ketones is 1. The maximum Gasteiger partial charge on any atom is 0.180 e. The average Bonchev–Trinajstić information content (AvgIpc) is 2.97. The number of hydrogen-bond donors (Lipinski definition) is 1. The van der Waals surface area contributed by atoms with Crippen molar-refractivity contribution in [1.29, 1.82) is 0 Å². The van der Waals surface area contributed by atoms with Gasteiger partial charge in [-0.1, -0.05) is 25.0 Å². The number of fused-ring (bicyclic) bond motifs is 1. The first kappa shape index (κ1) is 12.7. The molecule has 2 aliphatic rings. The summed E-state index contributed by atoms with van der Waals surface area (Å²) in [7, 11) is 0. The molecule has 3 rings (SSSR count). The third kappa shape index (κ3) is 2.81. The highest BCUT2D eigenvalue weighted by Gasteiger charge is 2.20. The molecule has 0 bridgehead atoms. The molecule has 3 heteroatoms. The molecule has 0 aromatic heterocycles. The molecule has 1 aliphatic heterocycles. The van der Waals surface area contributed by atoms with E-state index in [1.807, 2.05) is 12.1 Å². The number of Topliss-reactive ketones (excluding diaryl/α,β-unsaturated/α-hetero) is 1. The molecule has 1 N–H and O–H groups in total. The van der Waals surface area contributed by atoms with Crippen LogP contribution in [0.4, 0.5) is 0 Å². The summed E-state index contributed by atoms with van der Waals surface area (Å²) in [6.07, 6.45) is 7.05. The number of carbonyl (C=O) groups excluding carboxylic acids is 1. The van der Waals surface area contributed by atoms with E-state index in [9.17, 15) is 4.79 Å². The van der Waals surface area contributed by atoms with Gasteiger partial charge >= 0.3 is 0 Å². The fourth-order valence-corrected chi connectivity index (χ4v) is 3.07.